The Hall–Kier alpha value is -3.51. The second-order valence-electron chi connectivity index (χ2n) is 8.57. The van der Waals surface area contributed by atoms with Gasteiger partial charge in [0, 0.05) is 58.3 Å². The van der Waals surface area contributed by atoms with E-state index in [-0.39, 0.29) is 5.91 Å². The molecule has 1 amide bonds. The minimum absolute atomic E-state index is 0.150. The number of carbonyl (C=O) groups excluding carboxylic acids is 1. The Kier molecular flexibility index (Phi) is 7.15. The van der Waals surface area contributed by atoms with E-state index in [2.05, 4.69) is 39.3 Å². The molecule has 172 valence electrons. The normalized spacial score (nSPS) is 22.7. The lowest BCUT2D eigenvalue weighted by atomic mass is 9.85. The monoisotopic (exact) mass is 447 g/mol. The number of allylic oxidation sites excluding steroid dienone is 4. The zero-order valence-electron chi connectivity index (χ0n) is 18.9. The lowest BCUT2D eigenvalue weighted by Crippen LogP contribution is -2.50. The van der Waals surface area contributed by atoms with Crippen molar-refractivity contribution in [1.82, 2.24) is 9.80 Å². The highest BCUT2D eigenvalue weighted by molar-refractivity contribution is 5.79. The molecule has 2 unspecified atom stereocenters. The SMILES string of the molecule is C=N/N=N\N(C)c1ccc(CC(=O)N2CCN(CC3COC4=C(C#N)C=CCC43)CC2)cc1. The highest BCUT2D eigenvalue weighted by Gasteiger charge is 2.37. The second kappa shape index (κ2) is 10.4. The van der Waals surface area contributed by atoms with Crippen molar-refractivity contribution >= 4 is 18.3 Å². The van der Waals surface area contributed by atoms with Crippen LogP contribution in [0.15, 0.2) is 63.3 Å². The molecule has 2 heterocycles. The topological polar surface area (TPSA) is 96.9 Å². The molecule has 1 aromatic rings. The van der Waals surface area contributed by atoms with Crippen LogP contribution < -0.4 is 5.01 Å². The van der Waals surface area contributed by atoms with Crippen LogP contribution in [0.5, 0.6) is 0 Å². The van der Waals surface area contributed by atoms with Gasteiger partial charge in [-0.2, -0.15) is 5.26 Å². The van der Waals surface area contributed by atoms with E-state index < -0.39 is 0 Å². The van der Waals surface area contributed by atoms with E-state index in [9.17, 15) is 10.1 Å². The molecular formula is C24H29N7O2. The average molecular weight is 448 g/mol. The Morgan fingerprint density at radius 2 is 2.03 bits per heavy atom. The summed E-state index contributed by atoms with van der Waals surface area (Å²) in [6.07, 6.45) is 5.27. The summed E-state index contributed by atoms with van der Waals surface area (Å²) in [5.41, 5.74) is 2.50. The number of piperazine rings is 1. The number of amides is 1. The summed E-state index contributed by atoms with van der Waals surface area (Å²) < 4.78 is 5.88. The van der Waals surface area contributed by atoms with Gasteiger partial charge in [-0.15, -0.1) is 5.10 Å². The Balaban J connectivity index is 1.25. The molecule has 2 atom stereocenters. The second-order valence-corrected chi connectivity index (χ2v) is 8.57. The van der Waals surface area contributed by atoms with Gasteiger partial charge in [0.1, 0.15) is 11.8 Å². The minimum atomic E-state index is 0.150. The van der Waals surface area contributed by atoms with Crippen molar-refractivity contribution in [2.24, 2.45) is 27.4 Å². The summed E-state index contributed by atoms with van der Waals surface area (Å²) in [5, 5.41) is 21.6. The quantitative estimate of drug-likeness (QED) is 0.364. The van der Waals surface area contributed by atoms with Crippen molar-refractivity contribution in [2.75, 3.05) is 51.4 Å². The number of carbonyl (C=O) groups is 1. The van der Waals surface area contributed by atoms with Gasteiger partial charge in [0.25, 0.3) is 0 Å². The lowest BCUT2D eigenvalue weighted by Gasteiger charge is -2.36. The van der Waals surface area contributed by atoms with Crippen LogP contribution in [0.3, 0.4) is 0 Å². The van der Waals surface area contributed by atoms with E-state index >= 15 is 0 Å². The summed E-state index contributed by atoms with van der Waals surface area (Å²) in [6, 6.07) is 9.95. The van der Waals surface area contributed by atoms with Gasteiger partial charge in [0.2, 0.25) is 5.91 Å². The Labute approximate surface area is 194 Å². The van der Waals surface area contributed by atoms with Crippen LogP contribution in [-0.2, 0) is 16.0 Å². The summed E-state index contributed by atoms with van der Waals surface area (Å²) in [6.45, 7) is 8.07. The number of nitrogens with zero attached hydrogens (tertiary/aromatic N) is 7. The van der Waals surface area contributed by atoms with E-state index in [1.165, 1.54) is 0 Å². The summed E-state index contributed by atoms with van der Waals surface area (Å²) >= 11 is 0. The van der Waals surface area contributed by atoms with Crippen molar-refractivity contribution in [2.45, 2.75) is 12.8 Å². The number of nitriles is 1. The molecule has 9 heteroatoms. The van der Waals surface area contributed by atoms with Crippen LogP contribution in [-0.4, -0.2) is 68.8 Å². The van der Waals surface area contributed by atoms with Crippen LogP contribution >= 0.6 is 0 Å². The molecule has 2 fully saturated rings. The van der Waals surface area contributed by atoms with Crippen molar-refractivity contribution < 1.29 is 9.53 Å². The van der Waals surface area contributed by atoms with Crippen molar-refractivity contribution in [1.29, 1.82) is 5.26 Å². The molecule has 2 aliphatic heterocycles. The van der Waals surface area contributed by atoms with Crippen LogP contribution in [0.2, 0.25) is 0 Å². The third-order valence-corrected chi connectivity index (χ3v) is 6.54. The Bertz CT molecular complexity index is 1000. The molecule has 9 nitrogen and oxygen atoms in total. The first-order chi connectivity index (χ1) is 16.1. The smallest absolute Gasteiger partial charge is 0.227 e. The van der Waals surface area contributed by atoms with Crippen LogP contribution in [0, 0.1) is 23.2 Å². The minimum Gasteiger partial charge on any atom is -0.496 e. The van der Waals surface area contributed by atoms with E-state index in [0.29, 0.717) is 30.4 Å². The van der Waals surface area contributed by atoms with E-state index in [0.717, 1.165) is 56.2 Å². The van der Waals surface area contributed by atoms with Crippen LogP contribution in [0.1, 0.15) is 12.0 Å². The fourth-order valence-corrected chi connectivity index (χ4v) is 4.67. The first-order valence-corrected chi connectivity index (χ1v) is 11.2. The van der Waals surface area contributed by atoms with Crippen LogP contribution in [0.25, 0.3) is 0 Å². The summed E-state index contributed by atoms with van der Waals surface area (Å²) in [5.74, 6) is 1.73. The third-order valence-electron chi connectivity index (χ3n) is 6.54. The fourth-order valence-electron chi connectivity index (χ4n) is 4.67. The van der Waals surface area contributed by atoms with Gasteiger partial charge >= 0.3 is 0 Å². The molecule has 4 rings (SSSR count). The van der Waals surface area contributed by atoms with Crippen molar-refractivity contribution in [3.63, 3.8) is 0 Å². The van der Waals surface area contributed by atoms with Gasteiger partial charge in [-0.25, -0.2) is 5.01 Å². The summed E-state index contributed by atoms with van der Waals surface area (Å²) in [4.78, 5) is 17.2. The molecule has 0 spiro atoms. The molecule has 0 N–H and O–H groups in total. The lowest BCUT2D eigenvalue weighted by molar-refractivity contribution is -0.132. The fraction of sp³-hybridized carbons (Fsp3) is 0.458. The number of ether oxygens (including phenoxy) is 1. The Morgan fingerprint density at radius 1 is 1.27 bits per heavy atom. The predicted molar refractivity (Wildman–Crippen MR) is 125 cm³/mol. The number of fused-ring (bicyclic) bond motifs is 1. The number of benzene rings is 1. The van der Waals surface area contributed by atoms with Gasteiger partial charge in [-0.3, -0.25) is 9.69 Å². The van der Waals surface area contributed by atoms with Gasteiger partial charge in [-0.1, -0.05) is 18.2 Å². The van der Waals surface area contributed by atoms with E-state index in [1.54, 1.807) is 12.1 Å². The zero-order valence-corrected chi connectivity index (χ0v) is 18.9. The molecular weight excluding hydrogens is 418 g/mol. The van der Waals surface area contributed by atoms with Crippen LogP contribution in [0.4, 0.5) is 5.69 Å². The standard InChI is InChI=1S/C24H29N7O2/c1-26-27-28-29(2)21-8-6-18(7-9-21)14-23(32)31-12-10-30(11-13-31)16-20-17-33-24-19(15-25)4-3-5-22(20)24/h3-4,6-9,20,22H,1,5,10-14,16-17H2,2H3/b28-27-. The maximum Gasteiger partial charge on any atom is 0.227 e. The summed E-state index contributed by atoms with van der Waals surface area (Å²) in [7, 11) is 1.77. The highest BCUT2D eigenvalue weighted by Crippen LogP contribution is 2.38. The number of rotatable bonds is 7. The molecule has 0 bridgehead atoms. The third kappa shape index (κ3) is 5.29. The molecule has 0 saturated carbocycles. The largest absolute Gasteiger partial charge is 0.496 e. The maximum absolute atomic E-state index is 12.8. The molecule has 2 saturated heterocycles. The Morgan fingerprint density at radius 3 is 2.73 bits per heavy atom. The van der Waals surface area contributed by atoms with Gasteiger partial charge in [-0.05, 0) is 40.6 Å². The predicted octanol–water partition coefficient (Wildman–Crippen LogP) is 2.79. The van der Waals surface area contributed by atoms with E-state index in [4.69, 9.17) is 4.74 Å². The molecule has 33 heavy (non-hydrogen) atoms. The van der Waals surface area contributed by atoms with Gasteiger partial charge in [0.05, 0.1) is 24.3 Å². The zero-order chi connectivity index (χ0) is 23.2. The van der Waals surface area contributed by atoms with Gasteiger partial charge < -0.3 is 9.64 Å². The number of hydrogen-bond donors (Lipinski definition) is 0. The molecule has 1 aromatic carbocycles. The molecule has 1 aliphatic carbocycles. The average Bonchev–Trinajstić information content (AvgIpc) is 3.26. The van der Waals surface area contributed by atoms with Crippen molar-refractivity contribution in [3.05, 3.63) is 53.3 Å². The number of hydrogen-bond acceptors (Lipinski definition) is 6. The highest BCUT2D eigenvalue weighted by atomic mass is 16.5. The maximum atomic E-state index is 12.8. The van der Waals surface area contributed by atoms with Gasteiger partial charge in [0.15, 0.2) is 0 Å². The first-order valence-electron chi connectivity index (χ1n) is 11.2. The number of anilines is 1. The first kappa shape index (κ1) is 22.7. The molecule has 0 radical (unpaired) electrons. The van der Waals surface area contributed by atoms with Crippen molar-refractivity contribution in [3.8, 4) is 6.07 Å². The molecule has 0 aromatic heterocycles. The molecule has 3 aliphatic rings. The van der Waals surface area contributed by atoms with E-state index in [1.807, 2.05) is 35.2 Å².